The van der Waals surface area contributed by atoms with Crippen molar-refractivity contribution in [2.75, 3.05) is 13.7 Å². The van der Waals surface area contributed by atoms with Crippen LogP contribution in [0.15, 0.2) is 53.4 Å². The Kier molecular flexibility index (Phi) is 6.97. The van der Waals surface area contributed by atoms with E-state index in [9.17, 15) is 18.0 Å². The zero-order valence-corrected chi connectivity index (χ0v) is 18.3. The van der Waals surface area contributed by atoms with Crippen LogP contribution in [-0.2, 0) is 19.6 Å². The van der Waals surface area contributed by atoms with Crippen LogP contribution in [-0.4, -0.2) is 44.3 Å². The summed E-state index contributed by atoms with van der Waals surface area (Å²) in [5, 5.41) is 0. The molecule has 0 aliphatic carbocycles. The summed E-state index contributed by atoms with van der Waals surface area (Å²) in [6.45, 7) is 2.26. The third-order valence-electron chi connectivity index (χ3n) is 5.31. The Labute approximate surface area is 182 Å². The molecule has 1 fully saturated rings. The van der Waals surface area contributed by atoms with Crippen molar-refractivity contribution in [2.45, 2.75) is 43.2 Å². The van der Waals surface area contributed by atoms with E-state index >= 15 is 0 Å². The van der Waals surface area contributed by atoms with Gasteiger partial charge in [-0.1, -0.05) is 36.8 Å². The fourth-order valence-electron chi connectivity index (χ4n) is 3.65. The summed E-state index contributed by atoms with van der Waals surface area (Å²) >= 11 is 0. The van der Waals surface area contributed by atoms with Crippen molar-refractivity contribution >= 4 is 21.9 Å². The molecule has 0 saturated carbocycles. The molecule has 0 aromatic heterocycles. The monoisotopic (exact) mass is 446 g/mol. The first-order chi connectivity index (χ1) is 14.8. The van der Waals surface area contributed by atoms with E-state index in [1.54, 1.807) is 30.3 Å². The number of amides is 1. The van der Waals surface area contributed by atoms with Crippen molar-refractivity contribution in [3.63, 3.8) is 0 Å². The molecular weight excluding hydrogens is 420 g/mol. The van der Waals surface area contributed by atoms with Crippen LogP contribution in [0.4, 0.5) is 0 Å². The molecule has 9 heteroatoms. The summed E-state index contributed by atoms with van der Waals surface area (Å²) in [6, 6.07) is 12.2. The number of carbonyl (C=O) groups is 2. The fraction of sp³-hybridized carbons (Fsp3) is 0.364. The molecule has 1 saturated heterocycles. The summed E-state index contributed by atoms with van der Waals surface area (Å²) in [6.07, 6.45) is 1.20. The molecule has 0 spiro atoms. The zero-order chi connectivity index (χ0) is 22.6. The van der Waals surface area contributed by atoms with Crippen molar-refractivity contribution in [1.29, 1.82) is 0 Å². The quantitative estimate of drug-likeness (QED) is 0.654. The number of sulfonamides is 1. The molecule has 0 unspecified atom stereocenters. The number of benzene rings is 2. The summed E-state index contributed by atoms with van der Waals surface area (Å²) in [5.74, 6) is -1.56. The number of esters is 1. The molecule has 1 heterocycles. The van der Waals surface area contributed by atoms with Crippen molar-refractivity contribution in [3.05, 3.63) is 59.7 Å². The lowest BCUT2D eigenvalue weighted by Crippen LogP contribution is -2.42. The van der Waals surface area contributed by atoms with Crippen LogP contribution < -0.4 is 10.5 Å². The number of primary amides is 1. The second kappa shape index (κ2) is 9.49. The topological polar surface area (TPSA) is 116 Å². The van der Waals surface area contributed by atoms with Gasteiger partial charge in [-0.15, -0.1) is 0 Å². The van der Waals surface area contributed by atoms with Gasteiger partial charge in [-0.05, 0) is 38.0 Å². The Morgan fingerprint density at radius 2 is 1.84 bits per heavy atom. The van der Waals surface area contributed by atoms with E-state index in [0.29, 0.717) is 12.1 Å². The standard InChI is InChI=1S/C22H26N2O6S/c1-15-8-6-7-13-24(15)31(27,28)19-14-17(11-12-18(19)29-2)22(26)30-20(21(23)25)16-9-4-3-5-10-16/h3-5,9-12,14-15,20H,6-8,13H2,1-2H3,(H2,23,25)/t15-,20-/m0/s1. The summed E-state index contributed by atoms with van der Waals surface area (Å²) in [5.41, 5.74) is 5.81. The minimum Gasteiger partial charge on any atom is -0.495 e. The highest BCUT2D eigenvalue weighted by molar-refractivity contribution is 7.89. The van der Waals surface area contributed by atoms with Gasteiger partial charge in [0.25, 0.3) is 5.91 Å². The number of nitrogens with two attached hydrogens (primary N) is 1. The number of hydrogen-bond acceptors (Lipinski definition) is 6. The van der Waals surface area contributed by atoms with Gasteiger partial charge in [-0.2, -0.15) is 4.31 Å². The SMILES string of the molecule is COc1ccc(C(=O)O[C@H](C(N)=O)c2ccccc2)cc1S(=O)(=O)N1CCCC[C@@H]1C. The van der Waals surface area contributed by atoms with Gasteiger partial charge in [0.2, 0.25) is 16.1 Å². The van der Waals surface area contributed by atoms with Crippen LogP contribution in [0, 0.1) is 0 Å². The number of piperidine rings is 1. The predicted molar refractivity (Wildman–Crippen MR) is 114 cm³/mol. The third-order valence-corrected chi connectivity index (χ3v) is 7.35. The maximum atomic E-state index is 13.3. The Morgan fingerprint density at radius 1 is 1.13 bits per heavy atom. The molecule has 1 aliphatic rings. The van der Waals surface area contributed by atoms with Gasteiger partial charge < -0.3 is 15.2 Å². The molecule has 1 amide bonds. The van der Waals surface area contributed by atoms with Gasteiger partial charge in [-0.25, -0.2) is 13.2 Å². The fourth-order valence-corrected chi connectivity index (χ4v) is 5.54. The molecule has 31 heavy (non-hydrogen) atoms. The maximum absolute atomic E-state index is 13.3. The van der Waals surface area contributed by atoms with Gasteiger partial charge in [0.1, 0.15) is 10.6 Å². The van der Waals surface area contributed by atoms with E-state index in [1.165, 1.54) is 29.6 Å². The van der Waals surface area contributed by atoms with Crippen molar-refractivity contribution < 1.29 is 27.5 Å². The van der Waals surface area contributed by atoms with Gasteiger partial charge in [0, 0.05) is 18.2 Å². The maximum Gasteiger partial charge on any atom is 0.339 e. The highest BCUT2D eigenvalue weighted by Gasteiger charge is 2.34. The highest BCUT2D eigenvalue weighted by atomic mass is 32.2. The Hall–Kier alpha value is -2.91. The average Bonchev–Trinajstić information content (AvgIpc) is 2.77. The van der Waals surface area contributed by atoms with Crippen LogP contribution in [0.2, 0.25) is 0 Å². The lowest BCUT2D eigenvalue weighted by atomic mass is 10.1. The summed E-state index contributed by atoms with van der Waals surface area (Å²) in [4.78, 5) is 24.5. The van der Waals surface area contributed by atoms with Gasteiger partial charge in [0.15, 0.2) is 0 Å². The van der Waals surface area contributed by atoms with E-state index in [4.69, 9.17) is 15.2 Å². The number of methoxy groups -OCH3 is 1. The number of nitrogens with zero attached hydrogens (tertiary/aromatic N) is 1. The van der Waals surface area contributed by atoms with E-state index in [1.807, 2.05) is 6.92 Å². The first kappa shape index (κ1) is 22.8. The second-order valence-electron chi connectivity index (χ2n) is 7.42. The smallest absolute Gasteiger partial charge is 0.339 e. The largest absolute Gasteiger partial charge is 0.495 e. The predicted octanol–water partition coefficient (Wildman–Crippen LogP) is 2.64. The number of rotatable bonds is 7. The van der Waals surface area contributed by atoms with Crippen LogP contribution in [0.1, 0.15) is 48.2 Å². The Bertz CT molecular complexity index is 1050. The van der Waals surface area contributed by atoms with E-state index in [2.05, 4.69) is 0 Å². The molecule has 166 valence electrons. The van der Waals surface area contributed by atoms with Crippen molar-refractivity contribution in [3.8, 4) is 5.75 Å². The van der Waals surface area contributed by atoms with Crippen LogP contribution >= 0.6 is 0 Å². The van der Waals surface area contributed by atoms with E-state index in [0.717, 1.165) is 19.3 Å². The molecule has 3 rings (SSSR count). The molecule has 0 bridgehead atoms. The summed E-state index contributed by atoms with van der Waals surface area (Å²) < 4.78 is 38.7. The minimum absolute atomic E-state index is 0.0220. The Balaban J connectivity index is 1.94. The molecule has 2 aromatic carbocycles. The average molecular weight is 447 g/mol. The molecule has 8 nitrogen and oxygen atoms in total. The third kappa shape index (κ3) is 4.88. The van der Waals surface area contributed by atoms with Crippen LogP contribution in [0.5, 0.6) is 5.75 Å². The van der Waals surface area contributed by atoms with E-state index in [-0.39, 0.29) is 22.3 Å². The lowest BCUT2D eigenvalue weighted by molar-refractivity contribution is -0.127. The summed E-state index contributed by atoms with van der Waals surface area (Å²) in [7, 11) is -2.53. The van der Waals surface area contributed by atoms with Crippen molar-refractivity contribution in [2.24, 2.45) is 5.73 Å². The second-order valence-corrected chi connectivity index (χ2v) is 9.28. The molecule has 2 N–H and O–H groups in total. The zero-order valence-electron chi connectivity index (χ0n) is 17.5. The lowest BCUT2D eigenvalue weighted by Gasteiger charge is -2.32. The Morgan fingerprint density at radius 3 is 2.45 bits per heavy atom. The van der Waals surface area contributed by atoms with Gasteiger partial charge >= 0.3 is 5.97 Å². The first-order valence-corrected chi connectivity index (χ1v) is 11.4. The van der Waals surface area contributed by atoms with Crippen molar-refractivity contribution in [1.82, 2.24) is 4.31 Å². The normalized spacial score (nSPS) is 18.2. The number of hydrogen-bond donors (Lipinski definition) is 1. The van der Waals surface area contributed by atoms with Gasteiger partial charge in [-0.3, -0.25) is 4.79 Å². The number of ether oxygens (including phenoxy) is 2. The minimum atomic E-state index is -3.90. The van der Waals surface area contributed by atoms with Crippen LogP contribution in [0.3, 0.4) is 0 Å². The molecular formula is C22H26N2O6S. The molecule has 1 aliphatic heterocycles. The molecule has 2 aromatic rings. The van der Waals surface area contributed by atoms with Gasteiger partial charge in [0.05, 0.1) is 12.7 Å². The molecule has 2 atom stereocenters. The molecule has 0 radical (unpaired) electrons. The first-order valence-electron chi connectivity index (χ1n) is 10.0. The van der Waals surface area contributed by atoms with E-state index < -0.39 is 28.0 Å². The van der Waals surface area contributed by atoms with Crippen LogP contribution in [0.25, 0.3) is 0 Å². The number of carbonyl (C=O) groups excluding carboxylic acids is 2. The highest BCUT2D eigenvalue weighted by Crippen LogP contribution is 2.32.